The number of carbonyl (C=O) groups is 2. The first-order valence-electron chi connectivity index (χ1n) is 7.24. The molecule has 0 radical (unpaired) electrons. The molecular formula is C14H24N2O4. The summed E-state index contributed by atoms with van der Waals surface area (Å²) >= 11 is 0. The average Bonchev–Trinajstić information content (AvgIpc) is 2.69. The van der Waals surface area contributed by atoms with Crippen LogP contribution in [0.1, 0.15) is 46.5 Å². The molecule has 2 N–H and O–H groups in total. The summed E-state index contributed by atoms with van der Waals surface area (Å²) in [5.41, 5.74) is -0.515. The first-order chi connectivity index (χ1) is 9.26. The van der Waals surface area contributed by atoms with Gasteiger partial charge in [0.05, 0.1) is 0 Å². The normalized spacial score (nSPS) is 30.6. The molecule has 2 aliphatic rings. The highest BCUT2D eigenvalue weighted by Crippen LogP contribution is 2.31. The predicted octanol–water partition coefficient (Wildman–Crippen LogP) is 1.59. The van der Waals surface area contributed by atoms with Gasteiger partial charge in [0.25, 0.3) is 0 Å². The van der Waals surface area contributed by atoms with Gasteiger partial charge < -0.3 is 15.2 Å². The van der Waals surface area contributed by atoms with E-state index in [0.717, 1.165) is 19.3 Å². The summed E-state index contributed by atoms with van der Waals surface area (Å²) in [6, 6.07) is -0.0722. The van der Waals surface area contributed by atoms with Crippen molar-refractivity contribution in [2.75, 3.05) is 6.54 Å². The first-order valence-corrected chi connectivity index (χ1v) is 7.24. The summed E-state index contributed by atoms with van der Waals surface area (Å²) in [4.78, 5) is 25.0. The minimum atomic E-state index is -0.759. The highest BCUT2D eigenvalue weighted by atomic mass is 16.6. The predicted molar refractivity (Wildman–Crippen MR) is 73.5 cm³/mol. The van der Waals surface area contributed by atoms with Crippen LogP contribution in [0.3, 0.4) is 0 Å². The lowest BCUT2D eigenvalue weighted by Gasteiger charge is -2.37. The van der Waals surface area contributed by atoms with Crippen molar-refractivity contribution in [3.63, 3.8) is 0 Å². The van der Waals surface area contributed by atoms with E-state index in [1.54, 1.807) is 0 Å². The molecular weight excluding hydrogens is 260 g/mol. The molecule has 6 heteroatoms. The number of aliphatic carboxylic acids is 1. The van der Waals surface area contributed by atoms with E-state index in [4.69, 9.17) is 4.74 Å². The van der Waals surface area contributed by atoms with Gasteiger partial charge in [-0.3, -0.25) is 9.69 Å². The van der Waals surface area contributed by atoms with Crippen molar-refractivity contribution in [2.24, 2.45) is 0 Å². The number of hydrogen-bond acceptors (Lipinski definition) is 4. The number of fused-ring (bicyclic) bond motifs is 1. The van der Waals surface area contributed by atoms with Crippen LogP contribution in [0.2, 0.25) is 0 Å². The standard InChI is InChI=1S/C14H24N2O4/c1-14(2,3)20-13(19)15-9-4-5-10-6-7-11(12(17)18)16(10)8-9/h9-11H,4-8H2,1-3H3,(H,15,19)(H,17,18)/t9-,10-,11-/m0/s1. The van der Waals surface area contributed by atoms with E-state index in [9.17, 15) is 14.7 Å². The lowest BCUT2D eigenvalue weighted by Crippen LogP contribution is -2.53. The minimum absolute atomic E-state index is 0.0268. The fraction of sp³-hybridized carbons (Fsp3) is 0.857. The SMILES string of the molecule is CC(C)(C)OC(=O)N[C@H]1CC[C@H]2CC[C@@H](C(=O)O)N2C1. The molecule has 2 heterocycles. The molecule has 0 aromatic carbocycles. The molecule has 0 aromatic heterocycles. The molecule has 2 saturated heterocycles. The van der Waals surface area contributed by atoms with Crippen molar-refractivity contribution in [3.05, 3.63) is 0 Å². The van der Waals surface area contributed by atoms with Crippen LogP contribution in [-0.2, 0) is 9.53 Å². The van der Waals surface area contributed by atoms with Crippen molar-refractivity contribution in [1.29, 1.82) is 0 Å². The van der Waals surface area contributed by atoms with Gasteiger partial charge >= 0.3 is 12.1 Å². The van der Waals surface area contributed by atoms with E-state index in [1.807, 2.05) is 25.7 Å². The Morgan fingerprint density at radius 2 is 1.85 bits per heavy atom. The third kappa shape index (κ3) is 3.62. The fourth-order valence-corrected chi connectivity index (χ4v) is 3.12. The Morgan fingerprint density at radius 3 is 2.45 bits per heavy atom. The molecule has 2 rings (SSSR count). The second-order valence-corrected chi connectivity index (χ2v) is 6.70. The maximum atomic E-state index is 11.8. The number of carboxylic acids is 1. The Morgan fingerprint density at radius 1 is 1.20 bits per heavy atom. The Labute approximate surface area is 119 Å². The molecule has 6 nitrogen and oxygen atoms in total. The lowest BCUT2D eigenvalue weighted by atomic mass is 9.99. The van der Waals surface area contributed by atoms with E-state index in [2.05, 4.69) is 5.32 Å². The summed E-state index contributed by atoms with van der Waals surface area (Å²) in [7, 11) is 0. The van der Waals surface area contributed by atoms with Gasteiger partial charge in [-0.15, -0.1) is 0 Å². The molecule has 1 amide bonds. The van der Waals surface area contributed by atoms with Crippen LogP contribution < -0.4 is 5.32 Å². The van der Waals surface area contributed by atoms with E-state index >= 15 is 0 Å². The summed E-state index contributed by atoms with van der Waals surface area (Å²) in [5.74, 6) is -0.759. The van der Waals surface area contributed by atoms with Crippen LogP contribution in [0, 0.1) is 0 Å². The minimum Gasteiger partial charge on any atom is -0.480 e. The van der Waals surface area contributed by atoms with Crippen molar-refractivity contribution >= 4 is 12.1 Å². The second-order valence-electron chi connectivity index (χ2n) is 6.70. The van der Waals surface area contributed by atoms with E-state index in [-0.39, 0.29) is 6.04 Å². The lowest BCUT2D eigenvalue weighted by molar-refractivity contribution is -0.143. The zero-order valence-corrected chi connectivity index (χ0v) is 12.4. The van der Waals surface area contributed by atoms with Gasteiger partial charge in [0.15, 0.2) is 0 Å². The number of amides is 1. The van der Waals surface area contributed by atoms with Gasteiger partial charge in [0, 0.05) is 18.6 Å². The summed E-state index contributed by atoms with van der Waals surface area (Å²) in [5, 5.41) is 12.1. The average molecular weight is 284 g/mol. The molecule has 3 atom stereocenters. The third-order valence-corrected chi connectivity index (χ3v) is 3.93. The summed E-state index contributed by atoms with van der Waals surface area (Å²) in [6.45, 7) is 6.07. The number of carbonyl (C=O) groups excluding carboxylic acids is 1. The highest BCUT2D eigenvalue weighted by molar-refractivity contribution is 5.74. The number of nitrogens with zero attached hydrogens (tertiary/aromatic N) is 1. The smallest absolute Gasteiger partial charge is 0.407 e. The van der Waals surface area contributed by atoms with Gasteiger partial charge in [0.1, 0.15) is 11.6 Å². The molecule has 114 valence electrons. The second kappa shape index (κ2) is 5.60. The van der Waals surface area contributed by atoms with Crippen molar-refractivity contribution in [2.45, 2.75) is 70.2 Å². The Balaban J connectivity index is 1.89. The number of carboxylic acid groups (broad SMARTS) is 1. The van der Waals surface area contributed by atoms with Crippen LogP contribution in [0.5, 0.6) is 0 Å². The highest BCUT2D eigenvalue weighted by Gasteiger charge is 2.41. The van der Waals surface area contributed by atoms with Gasteiger partial charge in [-0.2, -0.15) is 0 Å². The molecule has 0 unspecified atom stereocenters. The zero-order valence-electron chi connectivity index (χ0n) is 12.4. The molecule has 20 heavy (non-hydrogen) atoms. The van der Waals surface area contributed by atoms with E-state index in [0.29, 0.717) is 19.0 Å². The maximum absolute atomic E-state index is 11.8. The number of alkyl carbamates (subject to hydrolysis) is 1. The topological polar surface area (TPSA) is 78.9 Å². The zero-order chi connectivity index (χ0) is 14.9. The van der Waals surface area contributed by atoms with Gasteiger partial charge in [-0.05, 0) is 46.5 Å². The Bertz CT molecular complexity index is 391. The first kappa shape index (κ1) is 15.1. The van der Waals surface area contributed by atoms with Gasteiger partial charge in [0.2, 0.25) is 0 Å². The molecule has 0 aliphatic carbocycles. The molecule has 0 saturated carbocycles. The molecule has 0 spiro atoms. The number of ether oxygens (including phenoxy) is 1. The van der Waals surface area contributed by atoms with Crippen LogP contribution in [0.25, 0.3) is 0 Å². The Kier molecular flexibility index (Phi) is 4.22. The number of hydrogen-bond donors (Lipinski definition) is 2. The quantitative estimate of drug-likeness (QED) is 0.805. The van der Waals surface area contributed by atoms with Crippen LogP contribution in [0.4, 0.5) is 4.79 Å². The number of rotatable bonds is 2. The van der Waals surface area contributed by atoms with Crippen LogP contribution in [0.15, 0.2) is 0 Å². The Hall–Kier alpha value is -1.30. The van der Waals surface area contributed by atoms with Crippen molar-refractivity contribution in [1.82, 2.24) is 10.2 Å². The maximum Gasteiger partial charge on any atom is 0.407 e. The van der Waals surface area contributed by atoms with E-state index < -0.39 is 23.7 Å². The molecule has 0 bridgehead atoms. The molecule has 0 aromatic rings. The summed E-state index contributed by atoms with van der Waals surface area (Å²) < 4.78 is 5.24. The van der Waals surface area contributed by atoms with Crippen LogP contribution in [-0.4, -0.2) is 52.3 Å². The summed E-state index contributed by atoms with van der Waals surface area (Å²) in [6.07, 6.45) is 3.04. The van der Waals surface area contributed by atoms with Gasteiger partial charge in [-0.1, -0.05) is 0 Å². The monoisotopic (exact) mass is 284 g/mol. The van der Waals surface area contributed by atoms with Crippen LogP contribution >= 0.6 is 0 Å². The number of piperidine rings is 1. The largest absolute Gasteiger partial charge is 0.480 e. The number of nitrogens with one attached hydrogen (secondary N) is 1. The van der Waals surface area contributed by atoms with E-state index in [1.165, 1.54) is 0 Å². The van der Waals surface area contributed by atoms with Crippen molar-refractivity contribution < 1.29 is 19.4 Å². The molecule has 2 fully saturated rings. The fourth-order valence-electron chi connectivity index (χ4n) is 3.12. The molecule has 2 aliphatic heterocycles. The van der Waals surface area contributed by atoms with Gasteiger partial charge in [-0.25, -0.2) is 4.79 Å². The van der Waals surface area contributed by atoms with Crippen molar-refractivity contribution in [3.8, 4) is 0 Å². The third-order valence-electron chi connectivity index (χ3n) is 3.93.